The van der Waals surface area contributed by atoms with Crippen LogP contribution in [-0.4, -0.2) is 288 Å². The Bertz CT molecular complexity index is 5050. The normalized spacial score (nSPS) is 18.1. The largest absolute Gasteiger partial charge is 0.495 e. The fourth-order valence-electron chi connectivity index (χ4n) is 16.2. The highest BCUT2D eigenvalue weighted by molar-refractivity contribution is 6.14. The highest BCUT2D eigenvalue weighted by Gasteiger charge is 2.57. The van der Waals surface area contributed by atoms with Gasteiger partial charge in [0.1, 0.15) is 59.3 Å². The van der Waals surface area contributed by atoms with Crippen LogP contribution >= 0.6 is 0 Å². The maximum atomic E-state index is 13.8. The quantitative estimate of drug-likeness (QED) is 0.0116. The third-order valence-electron chi connectivity index (χ3n) is 22.5. The number of nitrogens with one attached hydrogen (secondary N) is 8. The van der Waals surface area contributed by atoms with Gasteiger partial charge in [0, 0.05) is 88.6 Å². The van der Waals surface area contributed by atoms with Crippen LogP contribution < -0.4 is 109 Å². The molecule has 4 aromatic rings. The number of rotatable bonds is 37. The molecule has 130 heavy (non-hydrogen) atoms. The standard InChI is InChI=1S/C29H43N9O7.C28H34N8O6.C27H39N9O7/c1-16-7-8-19(14-21(16)35-25(43)20(34-18(3)40)6-4-11-33-28(31)32)26(44)38-12-5-9-29(38)10-13-37(27(29)45)15-22(41)36-23(17(2)39)24(30)42;1-42-22-11-10-16(25(39)34-18(24(29)38)7-4-12-32-28(30)31)14-19(22)33-23(37)15-36-20-8-3-2-6-17(20)26(40)35-13-5-9-21(35)27(36)41;1-16(37)33-18(5-3-10-31-26(29)30)23(40)34-19-13-17(6-7-20(19)43-2)24(41)36-11-4-8-27(36)9-12-35(25(27)42)15-22(39)32-14-21(28)38/h7-8,14,17,20,23,39H,4-6,9-13,15H2,1-3H3,(H2,30,42)(H,34,40)(H,35,43)(H,36,41)(H4,31,32,33);2-3,6,8,10-11,14,18,21H,4-5,7,9,12-13,15H2,1H3,(H2,29,38)(H,33,37)(H,34,39)(H4,30,31,32);6-7,13,18H,3-5,8-12,14-15H2,1-2H3,(H2,28,38)(H,32,39)(H,33,37)(H,34,40)(H4,29,30,31)/t17?,20-,23-,29+;18-,21+;18-,27+/m010/s1. The number of carbonyl (C=O) groups excluding carboxylic acids is 17. The van der Waals surface area contributed by atoms with Crippen LogP contribution in [0.5, 0.6) is 11.5 Å². The van der Waals surface area contributed by atoms with Gasteiger partial charge < -0.3 is 138 Å². The van der Waals surface area contributed by atoms with E-state index in [1.54, 1.807) is 48.2 Å². The fourth-order valence-corrected chi connectivity index (χ4v) is 16.2. The number of hydrogen-bond donors (Lipinski definition) is 18. The Morgan fingerprint density at radius 1 is 0.515 bits per heavy atom. The number of primary amides is 3. The van der Waals surface area contributed by atoms with Crippen molar-refractivity contribution in [3.05, 3.63) is 107 Å². The molecule has 6 aliphatic heterocycles. The van der Waals surface area contributed by atoms with Crippen molar-refractivity contribution in [2.24, 2.45) is 66.6 Å². The lowest BCUT2D eigenvalue weighted by Crippen LogP contribution is -2.55. The van der Waals surface area contributed by atoms with E-state index in [2.05, 4.69) is 57.5 Å². The molecule has 0 aliphatic carbocycles. The highest BCUT2D eigenvalue weighted by Crippen LogP contribution is 2.43. The van der Waals surface area contributed by atoms with E-state index in [9.17, 15) is 86.6 Å². The second kappa shape index (κ2) is 46.1. The van der Waals surface area contributed by atoms with Crippen molar-refractivity contribution >= 4 is 141 Å². The lowest BCUT2D eigenvalue weighted by atomic mass is 9.93. The van der Waals surface area contributed by atoms with Gasteiger partial charge in [0.15, 0.2) is 17.9 Å². The molecule has 6 aliphatic rings. The summed E-state index contributed by atoms with van der Waals surface area (Å²) < 4.78 is 10.7. The first-order chi connectivity index (χ1) is 61.6. The summed E-state index contributed by atoms with van der Waals surface area (Å²) in [6.45, 7) is 6.78. The van der Waals surface area contributed by atoms with E-state index < -0.39 is 118 Å². The number of hydrogen-bond acceptors (Lipinski definition) is 23. The molecule has 46 nitrogen and oxygen atoms in total. The number of methoxy groups -OCH3 is 2. The smallest absolute Gasteiger partial charge is 0.256 e. The van der Waals surface area contributed by atoms with Crippen molar-refractivity contribution in [1.82, 2.24) is 51.1 Å². The molecule has 5 fully saturated rings. The number of amides is 17. The van der Waals surface area contributed by atoms with Crippen LogP contribution in [0.3, 0.4) is 0 Å². The average Bonchev–Trinajstić information content (AvgIpc) is 1.60. The second-order valence-electron chi connectivity index (χ2n) is 31.8. The number of aliphatic hydroxyl groups is 1. The first-order valence-corrected chi connectivity index (χ1v) is 42.1. The average molecular weight is 1810 g/mol. The number of fused-ring (bicyclic) bond motifs is 2. The predicted octanol–water partition coefficient (Wildman–Crippen LogP) is -4.03. The minimum Gasteiger partial charge on any atom is -0.495 e. The summed E-state index contributed by atoms with van der Waals surface area (Å²) in [5.41, 5.74) is 48.3. The minimum atomic E-state index is -1.30. The molecule has 17 amide bonds. The van der Waals surface area contributed by atoms with Crippen LogP contribution in [0.4, 0.5) is 22.7 Å². The first-order valence-electron chi connectivity index (χ1n) is 42.1. The number of nitrogens with two attached hydrogens (primary N) is 9. The van der Waals surface area contributed by atoms with Crippen LogP contribution in [0.1, 0.15) is 158 Å². The molecule has 0 aromatic heterocycles. The number of anilines is 4. The molecule has 0 radical (unpaired) electrons. The number of ether oxygens (including phenoxy) is 2. The van der Waals surface area contributed by atoms with Crippen molar-refractivity contribution < 1.29 is 96.1 Å². The molecule has 1 unspecified atom stereocenters. The fraction of sp³-hybridized carbons (Fsp3) is 0.476. The molecule has 46 heteroatoms. The summed E-state index contributed by atoms with van der Waals surface area (Å²) in [6, 6.07) is 15.7. The van der Waals surface area contributed by atoms with Gasteiger partial charge in [-0.05, 0) is 170 Å². The third-order valence-corrected chi connectivity index (χ3v) is 22.5. The Morgan fingerprint density at radius 2 is 0.985 bits per heavy atom. The zero-order valence-electron chi connectivity index (χ0n) is 73.3. The van der Waals surface area contributed by atoms with Crippen LogP contribution in [-0.2, 0) is 62.3 Å². The molecular formula is C84H116N26O20. The van der Waals surface area contributed by atoms with Crippen LogP contribution in [0.25, 0.3) is 0 Å². The Kier molecular flexibility index (Phi) is 35.7. The lowest BCUT2D eigenvalue weighted by Gasteiger charge is -2.33. The van der Waals surface area contributed by atoms with E-state index in [1.807, 2.05) is 0 Å². The number of benzene rings is 4. The molecule has 2 spiro atoms. The monoisotopic (exact) mass is 1810 g/mol. The Hall–Kier alpha value is -14.8. The number of aryl methyl sites for hydroxylation is 1. The molecule has 6 heterocycles. The molecule has 8 atom stereocenters. The van der Waals surface area contributed by atoms with Gasteiger partial charge in [0.25, 0.3) is 23.6 Å². The van der Waals surface area contributed by atoms with Crippen molar-refractivity contribution in [2.75, 3.05) is 114 Å². The Labute approximate surface area is 748 Å². The summed E-state index contributed by atoms with van der Waals surface area (Å²) in [5.74, 6) is -8.28. The van der Waals surface area contributed by atoms with Gasteiger partial charge in [-0.3, -0.25) is 96.5 Å². The van der Waals surface area contributed by atoms with Gasteiger partial charge in [0.05, 0.1) is 62.6 Å². The summed E-state index contributed by atoms with van der Waals surface area (Å²) in [4.78, 5) is 237. The number of para-hydroxylation sites is 1. The molecule has 702 valence electrons. The van der Waals surface area contributed by atoms with Gasteiger partial charge in [-0.15, -0.1) is 0 Å². The lowest BCUT2D eigenvalue weighted by molar-refractivity contribution is -0.139. The summed E-state index contributed by atoms with van der Waals surface area (Å²) in [7, 11) is 2.81. The topological polar surface area (TPSA) is 716 Å². The third kappa shape index (κ3) is 26.2. The van der Waals surface area contributed by atoms with Crippen LogP contribution in [0.2, 0.25) is 0 Å². The second-order valence-corrected chi connectivity index (χ2v) is 31.8. The number of nitrogens with zero attached hydrogens (tertiary/aromatic N) is 9. The maximum absolute atomic E-state index is 13.8. The number of aliphatic hydroxyl groups excluding tert-OH is 1. The molecule has 4 aromatic carbocycles. The molecular weight excluding hydrogens is 1690 g/mol. The van der Waals surface area contributed by atoms with Gasteiger partial charge in [-0.1, -0.05) is 18.2 Å². The molecule has 10 rings (SSSR count). The van der Waals surface area contributed by atoms with Gasteiger partial charge in [-0.25, -0.2) is 0 Å². The molecule has 5 saturated heterocycles. The summed E-state index contributed by atoms with van der Waals surface area (Å²) in [5, 5.41) is 30.5. The van der Waals surface area contributed by atoms with Gasteiger partial charge in [-0.2, -0.15) is 0 Å². The van der Waals surface area contributed by atoms with Gasteiger partial charge >= 0.3 is 0 Å². The number of likely N-dealkylation sites (tertiary alicyclic amines) is 4. The van der Waals surface area contributed by atoms with Crippen molar-refractivity contribution in [3.8, 4) is 11.5 Å². The van der Waals surface area contributed by atoms with Crippen LogP contribution in [0.15, 0.2) is 93.8 Å². The Balaban J connectivity index is 0.000000241. The zero-order valence-corrected chi connectivity index (χ0v) is 73.3. The van der Waals surface area contributed by atoms with E-state index in [0.717, 1.165) is 0 Å². The predicted molar refractivity (Wildman–Crippen MR) is 475 cm³/mol. The zero-order chi connectivity index (χ0) is 95.6. The van der Waals surface area contributed by atoms with E-state index >= 15 is 0 Å². The van der Waals surface area contributed by atoms with E-state index in [4.69, 9.17) is 61.1 Å². The Morgan fingerprint density at radius 3 is 1.47 bits per heavy atom. The van der Waals surface area contributed by atoms with Crippen molar-refractivity contribution in [2.45, 2.75) is 165 Å². The first kappa shape index (κ1) is 101. The maximum Gasteiger partial charge on any atom is 0.256 e. The van der Waals surface area contributed by atoms with Gasteiger partial charge in [0.2, 0.25) is 76.8 Å². The summed E-state index contributed by atoms with van der Waals surface area (Å²) >= 11 is 0. The number of guanidine groups is 3. The van der Waals surface area contributed by atoms with Crippen molar-refractivity contribution in [1.29, 1.82) is 0 Å². The van der Waals surface area contributed by atoms with E-state index in [1.165, 1.54) is 102 Å². The number of aliphatic imine (C=N–C) groups is 3. The van der Waals surface area contributed by atoms with E-state index in [0.29, 0.717) is 113 Å². The molecule has 27 N–H and O–H groups in total. The summed E-state index contributed by atoms with van der Waals surface area (Å²) in [6.07, 6.45) is 4.68. The van der Waals surface area contributed by atoms with Crippen LogP contribution in [0, 0.1) is 6.92 Å². The SMILES string of the molecule is CC(=O)N[C@@H](CCCN=C(N)N)C(=O)Nc1cc(C(=O)N2CCC[C@]23CCN(CC(=O)N[C@H](C(N)=O)C(C)O)C3=O)ccc1C.COc1ccc(C(=O)N2CCC[C@]23CCN(CC(=O)NCC(N)=O)C3=O)cc1NC(=O)[C@H](CCCN=C(N)N)NC(C)=O.COc1ccc(C(=O)N[C@H](CCCN=C(N)N)C(N)=O)cc1NC(=O)CN1C(=O)[C@@H]2CCCN2C(=O)c2ccccc21. The van der Waals surface area contributed by atoms with E-state index in [-0.39, 0.29) is 165 Å². The molecule has 0 saturated carbocycles. The molecule has 0 bridgehead atoms. The highest BCUT2D eigenvalue weighted by atomic mass is 16.5. The number of carbonyl (C=O) groups is 17. The minimum absolute atomic E-state index is 0.0732. The van der Waals surface area contributed by atoms with Crippen molar-refractivity contribution in [3.63, 3.8) is 0 Å².